The summed E-state index contributed by atoms with van der Waals surface area (Å²) in [5.74, 6) is 0.280. The standard InChI is InChI=1S/C20H26N4O2/c1-13(2)17-14(7-6-9-21-17)18-15-11-24(19(25)26-20(3,4)5)10-8-16(15)22-12-23-18/h6-7,9,12-13H,8,10-11H2,1-5H3. The molecular weight excluding hydrogens is 328 g/mol. The molecule has 6 nitrogen and oxygen atoms in total. The number of amides is 1. The van der Waals surface area contributed by atoms with Crippen LogP contribution in [0.5, 0.6) is 0 Å². The third kappa shape index (κ3) is 3.84. The van der Waals surface area contributed by atoms with E-state index in [1.54, 1.807) is 17.4 Å². The third-order valence-corrected chi connectivity index (χ3v) is 4.29. The van der Waals surface area contributed by atoms with Crippen molar-refractivity contribution in [1.82, 2.24) is 19.9 Å². The molecule has 0 aromatic carbocycles. The highest BCUT2D eigenvalue weighted by Gasteiger charge is 2.29. The summed E-state index contributed by atoms with van der Waals surface area (Å²) in [6.07, 6.45) is 3.81. The van der Waals surface area contributed by atoms with Gasteiger partial charge in [-0.3, -0.25) is 4.98 Å². The summed E-state index contributed by atoms with van der Waals surface area (Å²) in [7, 11) is 0. The predicted molar refractivity (Wildman–Crippen MR) is 99.7 cm³/mol. The van der Waals surface area contributed by atoms with Crippen molar-refractivity contribution in [2.75, 3.05) is 6.54 Å². The first-order valence-electron chi connectivity index (χ1n) is 9.02. The average molecular weight is 354 g/mol. The maximum absolute atomic E-state index is 12.5. The van der Waals surface area contributed by atoms with Gasteiger partial charge in [0.15, 0.2) is 0 Å². The smallest absolute Gasteiger partial charge is 0.410 e. The number of hydrogen-bond acceptors (Lipinski definition) is 5. The molecule has 3 rings (SSSR count). The minimum absolute atomic E-state index is 0.280. The lowest BCUT2D eigenvalue weighted by Gasteiger charge is -2.31. The summed E-state index contributed by atoms with van der Waals surface area (Å²) in [5, 5.41) is 0. The van der Waals surface area contributed by atoms with Crippen molar-refractivity contribution in [1.29, 1.82) is 0 Å². The average Bonchev–Trinajstić information content (AvgIpc) is 2.59. The highest BCUT2D eigenvalue weighted by Crippen LogP contribution is 2.32. The van der Waals surface area contributed by atoms with Gasteiger partial charge in [-0.1, -0.05) is 13.8 Å². The molecule has 6 heteroatoms. The van der Waals surface area contributed by atoms with Crippen molar-refractivity contribution in [3.63, 3.8) is 0 Å². The van der Waals surface area contributed by atoms with Crippen LogP contribution in [0.25, 0.3) is 11.3 Å². The Hall–Kier alpha value is -2.50. The van der Waals surface area contributed by atoms with E-state index in [1.807, 2.05) is 32.9 Å². The van der Waals surface area contributed by atoms with Crippen molar-refractivity contribution >= 4 is 6.09 Å². The second-order valence-electron chi connectivity index (χ2n) is 7.89. The predicted octanol–water partition coefficient (Wildman–Crippen LogP) is 3.96. The van der Waals surface area contributed by atoms with E-state index in [1.165, 1.54) is 0 Å². The first-order valence-corrected chi connectivity index (χ1v) is 9.02. The van der Waals surface area contributed by atoms with Crippen LogP contribution in [0.1, 0.15) is 57.5 Å². The van der Waals surface area contributed by atoms with E-state index in [0.29, 0.717) is 19.5 Å². The summed E-state index contributed by atoms with van der Waals surface area (Å²) < 4.78 is 5.53. The van der Waals surface area contributed by atoms with E-state index in [0.717, 1.165) is 28.2 Å². The topological polar surface area (TPSA) is 68.2 Å². The van der Waals surface area contributed by atoms with Crippen molar-refractivity contribution in [2.24, 2.45) is 0 Å². The molecular formula is C20H26N4O2. The minimum Gasteiger partial charge on any atom is -0.444 e. The Bertz CT molecular complexity index is 812. The molecule has 1 amide bonds. The van der Waals surface area contributed by atoms with Gasteiger partial charge in [0.1, 0.15) is 11.9 Å². The summed E-state index contributed by atoms with van der Waals surface area (Å²) >= 11 is 0. The van der Waals surface area contributed by atoms with E-state index in [2.05, 4.69) is 28.8 Å². The largest absolute Gasteiger partial charge is 0.444 e. The SMILES string of the molecule is CC(C)c1ncccc1-c1ncnc2c1CN(C(=O)OC(C)(C)C)CC2. The summed E-state index contributed by atoms with van der Waals surface area (Å²) in [6.45, 7) is 10.9. The summed E-state index contributed by atoms with van der Waals surface area (Å²) in [6, 6.07) is 3.96. The molecule has 0 radical (unpaired) electrons. The number of rotatable bonds is 2. The van der Waals surface area contributed by atoms with E-state index >= 15 is 0 Å². The zero-order valence-corrected chi connectivity index (χ0v) is 16.1. The Kier molecular flexibility index (Phi) is 4.94. The zero-order valence-electron chi connectivity index (χ0n) is 16.1. The molecule has 0 spiro atoms. The van der Waals surface area contributed by atoms with Gasteiger partial charge in [-0.25, -0.2) is 14.8 Å². The van der Waals surface area contributed by atoms with Gasteiger partial charge in [0.05, 0.1) is 23.6 Å². The lowest BCUT2D eigenvalue weighted by atomic mass is 9.95. The van der Waals surface area contributed by atoms with Crippen molar-refractivity contribution in [2.45, 2.75) is 59.1 Å². The Morgan fingerprint density at radius 2 is 2.00 bits per heavy atom. The number of aromatic nitrogens is 3. The van der Waals surface area contributed by atoms with Crippen LogP contribution in [0.15, 0.2) is 24.7 Å². The molecule has 0 saturated carbocycles. The van der Waals surface area contributed by atoms with E-state index in [4.69, 9.17) is 4.74 Å². The second-order valence-corrected chi connectivity index (χ2v) is 7.89. The number of nitrogens with zero attached hydrogens (tertiary/aromatic N) is 4. The van der Waals surface area contributed by atoms with Gasteiger partial charge in [0.2, 0.25) is 0 Å². The fraction of sp³-hybridized carbons (Fsp3) is 0.500. The number of fused-ring (bicyclic) bond motifs is 1. The van der Waals surface area contributed by atoms with Gasteiger partial charge in [-0.15, -0.1) is 0 Å². The van der Waals surface area contributed by atoms with Crippen LogP contribution < -0.4 is 0 Å². The first kappa shape index (κ1) is 18.3. The Morgan fingerprint density at radius 3 is 2.69 bits per heavy atom. The number of hydrogen-bond donors (Lipinski definition) is 0. The fourth-order valence-electron chi connectivity index (χ4n) is 3.13. The quantitative estimate of drug-likeness (QED) is 0.817. The molecule has 1 aliphatic rings. The number of ether oxygens (including phenoxy) is 1. The van der Waals surface area contributed by atoms with E-state index < -0.39 is 5.60 Å². The van der Waals surface area contributed by atoms with E-state index in [9.17, 15) is 4.79 Å². The molecule has 0 atom stereocenters. The number of carbonyl (C=O) groups is 1. The third-order valence-electron chi connectivity index (χ3n) is 4.29. The molecule has 0 bridgehead atoms. The lowest BCUT2D eigenvalue weighted by Crippen LogP contribution is -2.40. The number of carbonyl (C=O) groups excluding carboxylic acids is 1. The highest BCUT2D eigenvalue weighted by molar-refractivity contribution is 5.71. The van der Waals surface area contributed by atoms with Gasteiger partial charge in [0.25, 0.3) is 0 Å². The van der Waals surface area contributed by atoms with Gasteiger partial charge in [-0.2, -0.15) is 0 Å². The van der Waals surface area contributed by atoms with Crippen molar-refractivity contribution < 1.29 is 9.53 Å². The van der Waals surface area contributed by atoms with Crippen LogP contribution in [0.4, 0.5) is 4.79 Å². The van der Waals surface area contributed by atoms with Crippen LogP contribution >= 0.6 is 0 Å². The van der Waals surface area contributed by atoms with Crippen molar-refractivity contribution in [3.8, 4) is 11.3 Å². The Labute approximate surface area is 154 Å². The maximum Gasteiger partial charge on any atom is 0.410 e. The monoisotopic (exact) mass is 354 g/mol. The lowest BCUT2D eigenvalue weighted by molar-refractivity contribution is 0.0223. The molecule has 0 unspecified atom stereocenters. The Balaban J connectivity index is 1.97. The molecule has 0 fully saturated rings. The minimum atomic E-state index is -0.512. The van der Waals surface area contributed by atoms with Gasteiger partial charge >= 0.3 is 6.09 Å². The summed E-state index contributed by atoms with van der Waals surface area (Å²) in [5.41, 5.74) is 4.34. The molecule has 138 valence electrons. The van der Waals surface area contributed by atoms with Crippen LogP contribution in [0, 0.1) is 0 Å². The van der Waals surface area contributed by atoms with E-state index in [-0.39, 0.29) is 12.0 Å². The molecule has 1 aliphatic heterocycles. The van der Waals surface area contributed by atoms with Crippen LogP contribution in [-0.2, 0) is 17.7 Å². The molecule has 3 heterocycles. The molecule has 0 N–H and O–H groups in total. The first-order chi connectivity index (χ1) is 12.3. The maximum atomic E-state index is 12.5. The van der Waals surface area contributed by atoms with Crippen molar-refractivity contribution in [3.05, 3.63) is 41.6 Å². The van der Waals surface area contributed by atoms with Gasteiger partial charge < -0.3 is 9.64 Å². The molecule has 0 aliphatic carbocycles. The Morgan fingerprint density at radius 1 is 1.23 bits per heavy atom. The summed E-state index contributed by atoms with van der Waals surface area (Å²) in [4.78, 5) is 27.7. The molecule has 26 heavy (non-hydrogen) atoms. The number of pyridine rings is 1. The van der Waals surface area contributed by atoms with Gasteiger partial charge in [0, 0.05) is 30.3 Å². The van der Waals surface area contributed by atoms with Crippen LogP contribution in [0.3, 0.4) is 0 Å². The molecule has 2 aromatic heterocycles. The van der Waals surface area contributed by atoms with Crippen LogP contribution in [0.2, 0.25) is 0 Å². The zero-order chi connectivity index (χ0) is 18.9. The highest BCUT2D eigenvalue weighted by atomic mass is 16.6. The molecule has 2 aromatic rings. The second kappa shape index (κ2) is 7.02. The molecule has 0 saturated heterocycles. The van der Waals surface area contributed by atoms with Crippen LogP contribution in [-0.4, -0.2) is 38.1 Å². The fourth-order valence-corrected chi connectivity index (χ4v) is 3.13. The van der Waals surface area contributed by atoms with Gasteiger partial charge in [-0.05, 0) is 38.8 Å². The normalized spacial score (nSPS) is 14.3.